The second kappa shape index (κ2) is 4.27. The van der Waals surface area contributed by atoms with Crippen molar-refractivity contribution in [1.29, 1.82) is 0 Å². The molecule has 0 spiro atoms. The lowest BCUT2D eigenvalue weighted by molar-refractivity contribution is 0.100. The van der Waals surface area contributed by atoms with Crippen LogP contribution in [0.15, 0.2) is 47.3 Å². The summed E-state index contributed by atoms with van der Waals surface area (Å²) in [6, 6.07) is 7.09. The van der Waals surface area contributed by atoms with Crippen molar-refractivity contribution in [2.45, 2.75) is 0 Å². The molecular weight excluding hydrogens is 258 g/mol. The number of nitrogens with one attached hydrogen (secondary N) is 1. The molecule has 0 radical (unpaired) electrons. The molecule has 76 valence electrons. The Morgan fingerprint density at radius 3 is 2.67 bits per heavy atom. The highest BCUT2D eigenvalue weighted by Gasteiger charge is 2.05. The molecule has 5 heteroatoms. The van der Waals surface area contributed by atoms with Crippen LogP contribution in [-0.2, 0) is 0 Å². The number of halogens is 1. The van der Waals surface area contributed by atoms with Gasteiger partial charge < -0.3 is 0 Å². The molecule has 0 aliphatic carbocycles. The van der Waals surface area contributed by atoms with Crippen LogP contribution >= 0.6 is 15.9 Å². The van der Waals surface area contributed by atoms with Crippen molar-refractivity contribution in [3.8, 4) is 0 Å². The van der Waals surface area contributed by atoms with Gasteiger partial charge >= 0.3 is 0 Å². The molecule has 1 N–H and O–H groups in total. The Morgan fingerprint density at radius 2 is 2.07 bits per heavy atom. The van der Waals surface area contributed by atoms with Crippen LogP contribution in [0.25, 0.3) is 0 Å². The van der Waals surface area contributed by atoms with E-state index in [-0.39, 0.29) is 5.91 Å². The zero-order valence-corrected chi connectivity index (χ0v) is 9.31. The fourth-order valence-corrected chi connectivity index (χ4v) is 1.33. The standard InChI is InChI=1S/C10H8BrN3O/c11-8-3-4-9(12-7-8)10(15)13-14-5-1-2-6-14/h1-7H,(H,13,15). The van der Waals surface area contributed by atoms with E-state index in [1.165, 1.54) is 0 Å². The van der Waals surface area contributed by atoms with Crippen molar-refractivity contribution in [2.75, 3.05) is 5.43 Å². The van der Waals surface area contributed by atoms with Crippen LogP contribution in [0.2, 0.25) is 0 Å². The molecule has 0 atom stereocenters. The van der Waals surface area contributed by atoms with Gasteiger partial charge in [0.25, 0.3) is 5.91 Å². The Hall–Kier alpha value is -1.62. The number of hydrogen-bond acceptors (Lipinski definition) is 2. The molecule has 4 nitrogen and oxygen atoms in total. The van der Waals surface area contributed by atoms with Gasteiger partial charge in [0, 0.05) is 23.1 Å². The average Bonchev–Trinajstić information content (AvgIpc) is 2.71. The topological polar surface area (TPSA) is 46.9 Å². The molecule has 2 aromatic heterocycles. The maximum absolute atomic E-state index is 11.6. The summed E-state index contributed by atoms with van der Waals surface area (Å²) in [4.78, 5) is 15.6. The predicted molar refractivity (Wildman–Crippen MR) is 60.1 cm³/mol. The Bertz CT molecular complexity index is 450. The van der Waals surface area contributed by atoms with Crippen LogP contribution in [0.1, 0.15) is 10.5 Å². The average molecular weight is 266 g/mol. The van der Waals surface area contributed by atoms with Gasteiger partial charge in [-0.25, -0.2) is 4.98 Å². The van der Waals surface area contributed by atoms with Gasteiger partial charge in [0.2, 0.25) is 0 Å². The summed E-state index contributed by atoms with van der Waals surface area (Å²) < 4.78 is 2.42. The smallest absolute Gasteiger partial charge is 0.268 e. The van der Waals surface area contributed by atoms with Gasteiger partial charge in [-0.15, -0.1) is 0 Å². The summed E-state index contributed by atoms with van der Waals surface area (Å²) in [5, 5.41) is 0. The summed E-state index contributed by atoms with van der Waals surface area (Å²) in [6.45, 7) is 0. The lowest BCUT2D eigenvalue weighted by atomic mass is 10.3. The monoisotopic (exact) mass is 265 g/mol. The molecule has 1 amide bonds. The van der Waals surface area contributed by atoms with Crippen LogP contribution in [0.5, 0.6) is 0 Å². The van der Waals surface area contributed by atoms with E-state index in [9.17, 15) is 4.79 Å². The molecule has 2 aromatic rings. The van der Waals surface area contributed by atoms with Gasteiger partial charge in [0.1, 0.15) is 5.69 Å². The molecule has 0 aliphatic heterocycles. The van der Waals surface area contributed by atoms with Crippen LogP contribution in [-0.4, -0.2) is 15.6 Å². The Balaban J connectivity index is 2.11. The van der Waals surface area contributed by atoms with Crippen molar-refractivity contribution >= 4 is 21.8 Å². The molecule has 0 fully saturated rings. The molecule has 15 heavy (non-hydrogen) atoms. The molecule has 0 aliphatic rings. The second-order valence-electron chi connectivity index (χ2n) is 2.89. The first-order valence-corrected chi connectivity index (χ1v) is 5.11. The van der Waals surface area contributed by atoms with Crippen LogP contribution in [0, 0.1) is 0 Å². The first kappa shape index (κ1) is 9.92. The van der Waals surface area contributed by atoms with Crippen molar-refractivity contribution in [3.63, 3.8) is 0 Å². The third kappa shape index (κ3) is 2.44. The first-order valence-electron chi connectivity index (χ1n) is 4.31. The third-order valence-corrected chi connectivity index (χ3v) is 2.26. The zero-order valence-electron chi connectivity index (χ0n) is 7.72. The minimum atomic E-state index is -0.237. The van der Waals surface area contributed by atoms with Crippen molar-refractivity contribution < 1.29 is 4.79 Å². The lowest BCUT2D eigenvalue weighted by Gasteiger charge is -2.04. The van der Waals surface area contributed by atoms with Crippen molar-refractivity contribution in [3.05, 3.63) is 53.0 Å². The minimum Gasteiger partial charge on any atom is -0.268 e. The lowest BCUT2D eigenvalue weighted by Crippen LogP contribution is -2.22. The molecule has 0 bridgehead atoms. The van der Waals surface area contributed by atoms with E-state index in [0.717, 1.165) is 4.47 Å². The number of aromatic nitrogens is 2. The molecule has 2 rings (SSSR count). The number of nitrogens with zero attached hydrogens (tertiary/aromatic N) is 2. The van der Waals surface area contributed by atoms with Gasteiger partial charge in [0.05, 0.1) is 0 Å². The highest BCUT2D eigenvalue weighted by atomic mass is 79.9. The van der Waals surface area contributed by atoms with E-state index in [0.29, 0.717) is 5.69 Å². The SMILES string of the molecule is O=C(Nn1cccc1)c1ccc(Br)cn1. The highest BCUT2D eigenvalue weighted by molar-refractivity contribution is 9.10. The summed E-state index contributed by atoms with van der Waals surface area (Å²) in [7, 11) is 0. The van der Waals surface area contributed by atoms with Gasteiger partial charge in [-0.3, -0.25) is 14.9 Å². The Morgan fingerprint density at radius 1 is 1.33 bits per heavy atom. The van der Waals surface area contributed by atoms with Gasteiger partial charge in [-0.05, 0) is 40.2 Å². The summed E-state index contributed by atoms with van der Waals surface area (Å²) in [5.41, 5.74) is 3.04. The number of pyridine rings is 1. The molecule has 0 unspecified atom stereocenters. The largest absolute Gasteiger partial charge is 0.288 e. The fraction of sp³-hybridized carbons (Fsp3) is 0. The number of amides is 1. The van der Waals surface area contributed by atoms with Crippen LogP contribution < -0.4 is 5.43 Å². The van der Waals surface area contributed by atoms with Gasteiger partial charge in [-0.1, -0.05) is 0 Å². The van der Waals surface area contributed by atoms with Crippen LogP contribution in [0.3, 0.4) is 0 Å². The van der Waals surface area contributed by atoms with Gasteiger partial charge in [0.15, 0.2) is 0 Å². The molecule has 0 saturated carbocycles. The number of hydrogen-bond donors (Lipinski definition) is 1. The summed E-state index contributed by atoms with van der Waals surface area (Å²) in [5.74, 6) is -0.237. The Labute approximate surface area is 95.0 Å². The van der Waals surface area contributed by atoms with Crippen molar-refractivity contribution in [1.82, 2.24) is 9.66 Å². The maximum Gasteiger partial charge on any atom is 0.288 e. The highest BCUT2D eigenvalue weighted by Crippen LogP contribution is 2.07. The van der Waals surface area contributed by atoms with Crippen molar-refractivity contribution in [2.24, 2.45) is 0 Å². The van der Waals surface area contributed by atoms with Gasteiger partial charge in [-0.2, -0.15) is 0 Å². The van der Waals surface area contributed by atoms with E-state index in [2.05, 4.69) is 26.3 Å². The molecule has 2 heterocycles. The number of carbonyl (C=O) groups is 1. The van der Waals surface area contributed by atoms with E-state index >= 15 is 0 Å². The summed E-state index contributed by atoms with van der Waals surface area (Å²) >= 11 is 3.26. The minimum absolute atomic E-state index is 0.237. The first-order chi connectivity index (χ1) is 7.25. The van der Waals surface area contributed by atoms with Crippen LogP contribution in [0.4, 0.5) is 0 Å². The fourth-order valence-electron chi connectivity index (χ4n) is 1.09. The Kier molecular flexibility index (Phi) is 2.82. The van der Waals surface area contributed by atoms with E-state index in [1.54, 1.807) is 35.4 Å². The second-order valence-corrected chi connectivity index (χ2v) is 3.81. The summed E-state index contributed by atoms with van der Waals surface area (Å²) in [6.07, 6.45) is 5.08. The van der Waals surface area contributed by atoms with E-state index < -0.39 is 0 Å². The number of carbonyl (C=O) groups excluding carboxylic acids is 1. The van der Waals surface area contributed by atoms with E-state index in [1.807, 2.05) is 12.1 Å². The number of rotatable bonds is 2. The molecule has 0 aromatic carbocycles. The third-order valence-electron chi connectivity index (χ3n) is 1.80. The molecular formula is C10H8BrN3O. The maximum atomic E-state index is 11.6. The molecule has 0 saturated heterocycles. The van der Waals surface area contributed by atoms with E-state index in [4.69, 9.17) is 0 Å². The normalized spacial score (nSPS) is 9.93. The quantitative estimate of drug-likeness (QED) is 0.904. The zero-order chi connectivity index (χ0) is 10.7. The predicted octanol–water partition coefficient (Wildman–Crippen LogP) is 2.03.